The summed E-state index contributed by atoms with van der Waals surface area (Å²) >= 11 is 0. The molecule has 0 atom stereocenters. The monoisotopic (exact) mass is 473 g/mol. The Labute approximate surface area is 176 Å². The predicted molar refractivity (Wildman–Crippen MR) is 122 cm³/mol. The molecule has 2 N–H and O–H groups in total. The second-order valence-electron chi connectivity index (χ2n) is 7.10. The molecule has 1 aromatic carbocycles. The van der Waals surface area contributed by atoms with E-state index in [4.69, 9.17) is 4.74 Å². The van der Waals surface area contributed by atoms with Crippen LogP contribution in [0.25, 0.3) is 0 Å². The topological polar surface area (TPSA) is 45.6 Å². The van der Waals surface area contributed by atoms with Crippen molar-refractivity contribution >= 4 is 29.9 Å². The van der Waals surface area contributed by atoms with E-state index in [0.717, 1.165) is 51.5 Å². The van der Waals surface area contributed by atoms with Gasteiger partial charge in [-0.2, -0.15) is 0 Å². The van der Waals surface area contributed by atoms with Crippen LogP contribution >= 0.6 is 24.0 Å². The largest absolute Gasteiger partial charge is 0.382 e. The Morgan fingerprint density at radius 1 is 1.15 bits per heavy atom. The first-order valence-corrected chi connectivity index (χ1v) is 9.84. The third-order valence-corrected chi connectivity index (χ3v) is 5.28. The molecule has 1 saturated carbocycles. The Balaban J connectivity index is 0.00000338. The third-order valence-electron chi connectivity index (χ3n) is 5.28. The van der Waals surface area contributed by atoms with Crippen LogP contribution in [0.3, 0.4) is 0 Å². The molecule has 0 spiro atoms. The van der Waals surface area contributed by atoms with Crippen LogP contribution in [-0.2, 0) is 11.2 Å². The SMILES string of the molecule is CCOCCC1(CNC(=NC)NCCCc2ccccc2)CCCC1.I. The van der Waals surface area contributed by atoms with E-state index in [2.05, 4.69) is 52.9 Å². The fraction of sp³-hybridized carbons (Fsp3) is 0.667. The third kappa shape index (κ3) is 8.25. The van der Waals surface area contributed by atoms with Gasteiger partial charge in [0.15, 0.2) is 5.96 Å². The number of aliphatic imine (C=N–C) groups is 1. The molecule has 1 aliphatic rings. The van der Waals surface area contributed by atoms with E-state index in [-0.39, 0.29) is 24.0 Å². The minimum absolute atomic E-state index is 0. The summed E-state index contributed by atoms with van der Waals surface area (Å²) in [4.78, 5) is 4.38. The van der Waals surface area contributed by atoms with Crippen LogP contribution in [0.1, 0.15) is 51.0 Å². The Kier molecular flexibility index (Phi) is 11.9. The van der Waals surface area contributed by atoms with E-state index < -0.39 is 0 Å². The summed E-state index contributed by atoms with van der Waals surface area (Å²) in [7, 11) is 1.86. The summed E-state index contributed by atoms with van der Waals surface area (Å²) < 4.78 is 5.60. The van der Waals surface area contributed by atoms with Crippen LogP contribution in [0, 0.1) is 5.41 Å². The van der Waals surface area contributed by atoms with Crippen molar-refractivity contribution in [2.45, 2.75) is 51.9 Å². The van der Waals surface area contributed by atoms with E-state index in [1.165, 1.54) is 31.2 Å². The standard InChI is InChI=1S/C21H35N3O.HI/c1-3-25-17-15-21(13-7-8-14-21)18-24-20(22-2)23-16-9-12-19-10-5-4-6-11-19;/h4-6,10-11H,3,7-9,12-18H2,1-2H3,(H2,22,23,24);1H. The molecule has 0 saturated heterocycles. The zero-order valence-corrected chi connectivity index (χ0v) is 18.8. The van der Waals surface area contributed by atoms with Gasteiger partial charge in [0.25, 0.3) is 0 Å². The van der Waals surface area contributed by atoms with Crippen molar-refractivity contribution in [3.8, 4) is 0 Å². The van der Waals surface area contributed by atoms with Crippen LogP contribution in [0.2, 0.25) is 0 Å². The van der Waals surface area contributed by atoms with Crippen molar-refractivity contribution in [1.29, 1.82) is 0 Å². The lowest BCUT2D eigenvalue weighted by atomic mass is 9.83. The maximum Gasteiger partial charge on any atom is 0.190 e. The smallest absolute Gasteiger partial charge is 0.190 e. The van der Waals surface area contributed by atoms with Crippen molar-refractivity contribution in [2.75, 3.05) is 33.4 Å². The summed E-state index contributed by atoms with van der Waals surface area (Å²) in [5.41, 5.74) is 1.78. The van der Waals surface area contributed by atoms with E-state index in [1.54, 1.807) is 0 Å². The quantitative estimate of drug-likeness (QED) is 0.229. The summed E-state index contributed by atoms with van der Waals surface area (Å²) in [6, 6.07) is 10.7. The summed E-state index contributed by atoms with van der Waals surface area (Å²) in [5.74, 6) is 0.927. The fourth-order valence-corrected chi connectivity index (χ4v) is 3.71. The molecule has 1 aliphatic carbocycles. The number of aryl methyl sites for hydroxylation is 1. The highest BCUT2D eigenvalue weighted by Crippen LogP contribution is 2.40. The summed E-state index contributed by atoms with van der Waals surface area (Å²) in [6.07, 6.45) is 8.66. The lowest BCUT2D eigenvalue weighted by Crippen LogP contribution is -2.43. The number of hydrogen-bond donors (Lipinski definition) is 2. The molecule has 26 heavy (non-hydrogen) atoms. The number of hydrogen-bond acceptors (Lipinski definition) is 2. The number of nitrogens with zero attached hydrogens (tertiary/aromatic N) is 1. The van der Waals surface area contributed by atoms with Crippen molar-refractivity contribution in [3.05, 3.63) is 35.9 Å². The summed E-state index contributed by atoms with van der Waals surface area (Å²) in [5, 5.41) is 7.02. The number of ether oxygens (including phenoxy) is 1. The molecule has 1 aromatic rings. The highest BCUT2D eigenvalue weighted by molar-refractivity contribution is 14.0. The Hall–Kier alpha value is -0.820. The number of benzene rings is 1. The summed E-state index contributed by atoms with van der Waals surface area (Å²) in [6.45, 7) is 5.70. The highest BCUT2D eigenvalue weighted by Gasteiger charge is 2.33. The lowest BCUT2D eigenvalue weighted by Gasteiger charge is -2.30. The van der Waals surface area contributed by atoms with Crippen LogP contribution in [0.4, 0.5) is 0 Å². The lowest BCUT2D eigenvalue weighted by molar-refractivity contribution is 0.105. The number of rotatable bonds is 10. The molecule has 2 rings (SSSR count). The van der Waals surface area contributed by atoms with Gasteiger partial charge < -0.3 is 15.4 Å². The van der Waals surface area contributed by atoms with Crippen molar-refractivity contribution < 1.29 is 4.74 Å². The minimum atomic E-state index is 0. The zero-order valence-electron chi connectivity index (χ0n) is 16.4. The first kappa shape index (κ1) is 23.2. The van der Waals surface area contributed by atoms with Gasteiger partial charge in [0, 0.05) is 33.4 Å². The zero-order chi connectivity index (χ0) is 17.8. The van der Waals surface area contributed by atoms with Gasteiger partial charge >= 0.3 is 0 Å². The molecule has 0 heterocycles. The molecule has 148 valence electrons. The molecular formula is C21H36IN3O. The number of nitrogens with one attached hydrogen (secondary N) is 2. The van der Waals surface area contributed by atoms with Gasteiger partial charge in [-0.15, -0.1) is 24.0 Å². The molecule has 0 unspecified atom stereocenters. The Bertz CT molecular complexity index is 501. The average Bonchev–Trinajstić information content (AvgIpc) is 3.11. The van der Waals surface area contributed by atoms with Gasteiger partial charge in [0.05, 0.1) is 0 Å². The Morgan fingerprint density at radius 3 is 2.54 bits per heavy atom. The molecular weight excluding hydrogens is 437 g/mol. The van der Waals surface area contributed by atoms with Gasteiger partial charge in [-0.25, -0.2) is 0 Å². The normalized spacial score (nSPS) is 16.2. The molecule has 0 bridgehead atoms. The molecule has 0 amide bonds. The van der Waals surface area contributed by atoms with Crippen LogP contribution in [0.15, 0.2) is 35.3 Å². The van der Waals surface area contributed by atoms with Gasteiger partial charge in [-0.3, -0.25) is 4.99 Å². The van der Waals surface area contributed by atoms with E-state index >= 15 is 0 Å². The second-order valence-corrected chi connectivity index (χ2v) is 7.10. The van der Waals surface area contributed by atoms with Crippen LogP contribution in [-0.4, -0.2) is 39.3 Å². The number of halogens is 1. The van der Waals surface area contributed by atoms with Crippen molar-refractivity contribution in [3.63, 3.8) is 0 Å². The van der Waals surface area contributed by atoms with Gasteiger partial charge in [-0.05, 0) is 50.0 Å². The first-order valence-electron chi connectivity index (χ1n) is 9.84. The second kappa shape index (κ2) is 13.4. The maximum atomic E-state index is 5.60. The predicted octanol–water partition coefficient (Wildman–Crippen LogP) is 4.39. The Morgan fingerprint density at radius 2 is 1.88 bits per heavy atom. The maximum absolute atomic E-state index is 5.60. The minimum Gasteiger partial charge on any atom is -0.382 e. The van der Waals surface area contributed by atoms with Crippen LogP contribution in [0.5, 0.6) is 0 Å². The molecule has 0 aliphatic heterocycles. The highest BCUT2D eigenvalue weighted by atomic mass is 127. The molecule has 0 aromatic heterocycles. The van der Waals surface area contributed by atoms with Gasteiger partial charge in [0.1, 0.15) is 0 Å². The van der Waals surface area contributed by atoms with Gasteiger partial charge in [0.2, 0.25) is 0 Å². The number of guanidine groups is 1. The van der Waals surface area contributed by atoms with E-state index in [1.807, 2.05) is 7.05 Å². The molecule has 0 radical (unpaired) electrons. The first-order chi connectivity index (χ1) is 12.3. The fourth-order valence-electron chi connectivity index (χ4n) is 3.71. The van der Waals surface area contributed by atoms with Crippen LogP contribution < -0.4 is 10.6 Å². The molecule has 4 nitrogen and oxygen atoms in total. The van der Waals surface area contributed by atoms with E-state index in [0.29, 0.717) is 5.41 Å². The van der Waals surface area contributed by atoms with Crippen molar-refractivity contribution in [2.24, 2.45) is 10.4 Å². The molecule has 1 fully saturated rings. The van der Waals surface area contributed by atoms with Gasteiger partial charge in [-0.1, -0.05) is 43.2 Å². The average molecular weight is 473 g/mol. The molecule has 5 heteroatoms. The van der Waals surface area contributed by atoms with Crippen molar-refractivity contribution in [1.82, 2.24) is 10.6 Å². The van der Waals surface area contributed by atoms with E-state index in [9.17, 15) is 0 Å².